The van der Waals surface area contributed by atoms with Gasteiger partial charge >= 0.3 is 0 Å². The van der Waals surface area contributed by atoms with Gasteiger partial charge in [0.15, 0.2) is 0 Å². The Balaban J connectivity index is 1.47. The lowest BCUT2D eigenvalue weighted by molar-refractivity contribution is 0.0659. The van der Waals surface area contributed by atoms with Crippen molar-refractivity contribution in [1.82, 2.24) is 9.80 Å². The first kappa shape index (κ1) is 15.0. The van der Waals surface area contributed by atoms with Crippen LogP contribution >= 0.6 is 0 Å². The first-order valence-electron chi connectivity index (χ1n) is 8.41. The van der Waals surface area contributed by atoms with Crippen molar-refractivity contribution < 1.29 is 4.39 Å². The topological polar surface area (TPSA) is 6.48 Å². The van der Waals surface area contributed by atoms with Gasteiger partial charge in [0.1, 0.15) is 5.82 Å². The number of benzene rings is 1. The third-order valence-electron chi connectivity index (χ3n) is 5.15. The molecule has 2 nitrogen and oxygen atoms in total. The SMILES string of the molecule is C[C@H]1CCC[C@H](N2CCN(Cc3ccc(F)cc3)CC2)C1. The molecule has 1 aliphatic carbocycles. The molecule has 2 aliphatic rings. The minimum absolute atomic E-state index is 0.144. The van der Waals surface area contributed by atoms with E-state index in [2.05, 4.69) is 16.7 Å². The number of halogens is 1. The average molecular weight is 290 g/mol. The fourth-order valence-electron chi connectivity index (χ4n) is 3.87. The normalized spacial score (nSPS) is 28.7. The first-order chi connectivity index (χ1) is 10.2. The maximum Gasteiger partial charge on any atom is 0.123 e. The minimum Gasteiger partial charge on any atom is -0.298 e. The Labute approximate surface area is 127 Å². The third kappa shape index (κ3) is 4.04. The lowest BCUT2D eigenvalue weighted by Crippen LogP contribution is -2.50. The molecule has 3 rings (SSSR count). The first-order valence-corrected chi connectivity index (χ1v) is 8.41. The molecule has 1 aromatic carbocycles. The van der Waals surface area contributed by atoms with Crippen molar-refractivity contribution >= 4 is 0 Å². The summed E-state index contributed by atoms with van der Waals surface area (Å²) in [4.78, 5) is 5.20. The van der Waals surface area contributed by atoms with E-state index in [0.717, 1.165) is 31.6 Å². The number of piperazine rings is 1. The minimum atomic E-state index is -0.144. The van der Waals surface area contributed by atoms with Crippen molar-refractivity contribution in [2.45, 2.75) is 45.2 Å². The highest BCUT2D eigenvalue weighted by atomic mass is 19.1. The standard InChI is InChI=1S/C18H27FN2/c1-15-3-2-4-18(13-15)21-11-9-20(10-12-21)14-16-5-7-17(19)8-6-16/h5-8,15,18H,2-4,9-14H2,1H3/t15-,18-/m0/s1. The van der Waals surface area contributed by atoms with Crippen LogP contribution in [0.1, 0.15) is 38.2 Å². The second-order valence-electron chi connectivity index (χ2n) is 6.86. The van der Waals surface area contributed by atoms with Gasteiger partial charge in [-0.15, -0.1) is 0 Å². The van der Waals surface area contributed by atoms with Crippen LogP contribution in [0, 0.1) is 11.7 Å². The van der Waals surface area contributed by atoms with Crippen molar-refractivity contribution in [3.63, 3.8) is 0 Å². The zero-order valence-electron chi connectivity index (χ0n) is 13.1. The smallest absolute Gasteiger partial charge is 0.123 e. The molecule has 0 radical (unpaired) electrons. The molecule has 1 heterocycles. The van der Waals surface area contributed by atoms with Gasteiger partial charge in [0.05, 0.1) is 0 Å². The molecule has 0 N–H and O–H groups in total. The van der Waals surface area contributed by atoms with Crippen LogP contribution < -0.4 is 0 Å². The van der Waals surface area contributed by atoms with E-state index < -0.39 is 0 Å². The Bertz CT molecular complexity index is 437. The highest BCUT2D eigenvalue weighted by Crippen LogP contribution is 2.28. The van der Waals surface area contributed by atoms with Gasteiger partial charge in [0.25, 0.3) is 0 Å². The molecular formula is C18H27FN2. The molecule has 3 heteroatoms. The Hall–Kier alpha value is -0.930. The zero-order chi connectivity index (χ0) is 14.7. The van der Waals surface area contributed by atoms with Crippen LogP contribution in [0.2, 0.25) is 0 Å². The summed E-state index contributed by atoms with van der Waals surface area (Å²) in [6.45, 7) is 8.02. The summed E-state index contributed by atoms with van der Waals surface area (Å²) in [7, 11) is 0. The van der Waals surface area contributed by atoms with Crippen LogP contribution in [0.3, 0.4) is 0 Å². The Kier molecular flexibility index (Phi) is 4.91. The molecule has 1 saturated carbocycles. The lowest BCUT2D eigenvalue weighted by Gasteiger charge is -2.42. The molecule has 0 amide bonds. The maximum atomic E-state index is 12.9. The molecule has 2 atom stereocenters. The van der Waals surface area contributed by atoms with Crippen LogP contribution in [0.15, 0.2) is 24.3 Å². The Morgan fingerprint density at radius 2 is 1.76 bits per heavy atom. The highest BCUT2D eigenvalue weighted by molar-refractivity contribution is 5.16. The van der Waals surface area contributed by atoms with E-state index in [9.17, 15) is 4.39 Å². The van der Waals surface area contributed by atoms with Crippen molar-refractivity contribution in [2.75, 3.05) is 26.2 Å². The van der Waals surface area contributed by atoms with Gasteiger partial charge in [-0.2, -0.15) is 0 Å². The van der Waals surface area contributed by atoms with E-state index >= 15 is 0 Å². The zero-order valence-corrected chi connectivity index (χ0v) is 13.1. The van der Waals surface area contributed by atoms with Crippen molar-refractivity contribution in [3.05, 3.63) is 35.6 Å². The quantitative estimate of drug-likeness (QED) is 0.840. The number of nitrogens with zero attached hydrogens (tertiary/aromatic N) is 2. The van der Waals surface area contributed by atoms with Crippen molar-refractivity contribution in [2.24, 2.45) is 5.92 Å². The number of rotatable bonds is 3. The summed E-state index contributed by atoms with van der Waals surface area (Å²) in [6.07, 6.45) is 5.60. The van der Waals surface area contributed by atoms with Gasteiger partial charge in [0, 0.05) is 38.8 Å². The molecule has 0 unspecified atom stereocenters. The largest absolute Gasteiger partial charge is 0.298 e. The van der Waals surface area contributed by atoms with Gasteiger partial charge in [-0.3, -0.25) is 9.80 Å². The number of hydrogen-bond acceptors (Lipinski definition) is 2. The number of hydrogen-bond donors (Lipinski definition) is 0. The second kappa shape index (κ2) is 6.89. The van der Waals surface area contributed by atoms with Gasteiger partial charge in [0.2, 0.25) is 0 Å². The van der Waals surface area contributed by atoms with E-state index in [-0.39, 0.29) is 5.82 Å². The highest BCUT2D eigenvalue weighted by Gasteiger charge is 2.27. The van der Waals surface area contributed by atoms with E-state index in [0.29, 0.717) is 0 Å². The molecule has 21 heavy (non-hydrogen) atoms. The predicted octanol–water partition coefficient (Wildman–Crippen LogP) is 3.52. The fraction of sp³-hybridized carbons (Fsp3) is 0.667. The summed E-state index contributed by atoms with van der Waals surface area (Å²) in [5, 5.41) is 0. The molecule has 1 aliphatic heterocycles. The molecule has 1 aromatic rings. The van der Waals surface area contributed by atoms with Crippen LogP contribution in [0.4, 0.5) is 4.39 Å². The van der Waals surface area contributed by atoms with Crippen LogP contribution in [0.5, 0.6) is 0 Å². The molecule has 0 spiro atoms. The summed E-state index contributed by atoms with van der Waals surface area (Å²) in [5.74, 6) is 0.760. The molecule has 0 bridgehead atoms. The third-order valence-corrected chi connectivity index (χ3v) is 5.15. The Morgan fingerprint density at radius 3 is 2.43 bits per heavy atom. The van der Waals surface area contributed by atoms with E-state index in [4.69, 9.17) is 0 Å². The summed E-state index contributed by atoms with van der Waals surface area (Å²) in [6, 6.07) is 7.76. The van der Waals surface area contributed by atoms with E-state index in [1.807, 2.05) is 12.1 Å². The van der Waals surface area contributed by atoms with Gasteiger partial charge in [-0.1, -0.05) is 31.9 Å². The van der Waals surface area contributed by atoms with Crippen LogP contribution in [-0.2, 0) is 6.54 Å². The average Bonchev–Trinajstić information content (AvgIpc) is 2.50. The summed E-state index contributed by atoms with van der Waals surface area (Å²) < 4.78 is 12.9. The van der Waals surface area contributed by atoms with E-state index in [1.54, 1.807) is 12.1 Å². The summed E-state index contributed by atoms with van der Waals surface area (Å²) in [5.41, 5.74) is 1.22. The molecule has 2 fully saturated rings. The monoisotopic (exact) mass is 290 g/mol. The molecular weight excluding hydrogens is 263 g/mol. The second-order valence-corrected chi connectivity index (χ2v) is 6.86. The Morgan fingerprint density at radius 1 is 1.05 bits per heavy atom. The van der Waals surface area contributed by atoms with E-state index in [1.165, 1.54) is 44.3 Å². The predicted molar refractivity (Wildman–Crippen MR) is 84.7 cm³/mol. The van der Waals surface area contributed by atoms with Crippen LogP contribution in [0.25, 0.3) is 0 Å². The van der Waals surface area contributed by atoms with Crippen molar-refractivity contribution in [1.29, 1.82) is 0 Å². The van der Waals surface area contributed by atoms with Gasteiger partial charge < -0.3 is 0 Å². The lowest BCUT2D eigenvalue weighted by atomic mass is 9.86. The maximum absolute atomic E-state index is 12.9. The van der Waals surface area contributed by atoms with Crippen LogP contribution in [-0.4, -0.2) is 42.0 Å². The molecule has 116 valence electrons. The fourth-order valence-corrected chi connectivity index (χ4v) is 3.87. The van der Waals surface area contributed by atoms with Crippen molar-refractivity contribution in [3.8, 4) is 0 Å². The molecule has 0 aromatic heterocycles. The van der Waals surface area contributed by atoms with Gasteiger partial charge in [-0.05, 0) is 36.5 Å². The summed E-state index contributed by atoms with van der Waals surface area (Å²) >= 11 is 0. The van der Waals surface area contributed by atoms with Gasteiger partial charge in [-0.25, -0.2) is 4.39 Å². The molecule has 1 saturated heterocycles.